The van der Waals surface area contributed by atoms with Gasteiger partial charge in [-0.3, -0.25) is 4.79 Å². The molecule has 2 aromatic rings. The van der Waals surface area contributed by atoms with Gasteiger partial charge in [0, 0.05) is 18.7 Å². The molecule has 0 aliphatic rings. The number of alkyl halides is 2. The summed E-state index contributed by atoms with van der Waals surface area (Å²) in [4.78, 5) is 15.9. The molecule has 0 aliphatic heterocycles. The molecular formula is C17H20F4N4O3. The Bertz CT molecular complexity index is 830. The fourth-order valence-electron chi connectivity index (χ4n) is 2.70. The number of rotatable bonds is 8. The summed E-state index contributed by atoms with van der Waals surface area (Å²) in [6, 6.07) is 1.70. The Labute approximate surface area is 158 Å². The predicted molar refractivity (Wildman–Crippen MR) is 89.3 cm³/mol. The average molecular weight is 404 g/mol. The van der Waals surface area contributed by atoms with Crippen LogP contribution in [-0.4, -0.2) is 51.0 Å². The summed E-state index contributed by atoms with van der Waals surface area (Å²) in [6.45, 7) is 1.75. The first-order chi connectivity index (χ1) is 12.9. The molecule has 1 heterocycles. The van der Waals surface area contributed by atoms with Gasteiger partial charge >= 0.3 is 5.92 Å². The van der Waals surface area contributed by atoms with Crippen molar-refractivity contribution in [3.63, 3.8) is 0 Å². The maximum atomic E-state index is 15.2. The van der Waals surface area contributed by atoms with Gasteiger partial charge in [0.15, 0.2) is 5.60 Å². The van der Waals surface area contributed by atoms with Gasteiger partial charge < -0.3 is 15.2 Å². The molecule has 1 aromatic carbocycles. The predicted octanol–water partition coefficient (Wildman–Crippen LogP) is 1.62. The van der Waals surface area contributed by atoms with Crippen molar-refractivity contribution in [2.75, 3.05) is 13.7 Å². The van der Waals surface area contributed by atoms with E-state index < -0.39 is 46.7 Å². The largest absolute Gasteiger partial charge is 0.382 e. The van der Waals surface area contributed by atoms with E-state index in [9.17, 15) is 18.7 Å². The molecule has 0 bridgehead atoms. The van der Waals surface area contributed by atoms with Crippen LogP contribution in [0.15, 0.2) is 30.9 Å². The lowest BCUT2D eigenvalue weighted by Crippen LogP contribution is -2.61. The first-order valence-electron chi connectivity index (χ1n) is 8.12. The van der Waals surface area contributed by atoms with Gasteiger partial charge in [-0.05, 0) is 26.0 Å². The molecule has 1 atom stereocenters. The number of aliphatic hydroxyl groups is 1. The number of carbonyl (C=O) groups is 1. The van der Waals surface area contributed by atoms with Crippen molar-refractivity contribution in [2.45, 2.75) is 37.5 Å². The van der Waals surface area contributed by atoms with E-state index in [0.29, 0.717) is 18.2 Å². The summed E-state index contributed by atoms with van der Waals surface area (Å²) in [5.41, 5.74) is -5.55. The van der Waals surface area contributed by atoms with E-state index >= 15 is 8.78 Å². The van der Waals surface area contributed by atoms with E-state index in [-0.39, 0.29) is 6.61 Å². The molecule has 1 amide bonds. The summed E-state index contributed by atoms with van der Waals surface area (Å²) in [5, 5.41) is 16.5. The minimum absolute atomic E-state index is 0.0960. The van der Waals surface area contributed by atoms with Crippen LogP contribution < -0.4 is 5.32 Å². The Morgan fingerprint density at radius 3 is 2.54 bits per heavy atom. The van der Waals surface area contributed by atoms with E-state index in [2.05, 4.69) is 15.4 Å². The quantitative estimate of drug-likeness (QED) is 0.653. The Morgan fingerprint density at radius 1 is 1.32 bits per heavy atom. The van der Waals surface area contributed by atoms with E-state index in [1.54, 1.807) is 0 Å². The van der Waals surface area contributed by atoms with Gasteiger partial charge in [-0.2, -0.15) is 13.9 Å². The summed E-state index contributed by atoms with van der Waals surface area (Å²) in [7, 11) is 1.32. The maximum Gasteiger partial charge on any atom is 0.358 e. The van der Waals surface area contributed by atoms with Crippen LogP contribution in [0, 0.1) is 11.6 Å². The van der Waals surface area contributed by atoms with E-state index in [1.165, 1.54) is 21.0 Å². The summed E-state index contributed by atoms with van der Waals surface area (Å²) in [6.07, 6.45) is 2.02. The number of hydrogen-bond acceptors (Lipinski definition) is 5. The average Bonchev–Trinajstić information content (AvgIpc) is 3.06. The van der Waals surface area contributed by atoms with Crippen LogP contribution in [0.2, 0.25) is 0 Å². The zero-order valence-corrected chi connectivity index (χ0v) is 15.4. The minimum Gasteiger partial charge on any atom is -0.382 e. The third kappa shape index (κ3) is 4.30. The third-order valence-corrected chi connectivity index (χ3v) is 4.00. The van der Waals surface area contributed by atoms with E-state index in [4.69, 9.17) is 4.74 Å². The molecule has 0 spiro atoms. The standard InChI is InChI=1S/C17H20F4N4O3/c1-15(2,8-28-3)24-14(26)17(20,21)16(27,7-25-10-22-9-23-25)12-5-4-11(18)6-13(12)19/h4-6,9-10,27H,7-8H2,1-3H3,(H,24,26). The molecular weight excluding hydrogens is 384 g/mol. The second-order valence-electron chi connectivity index (χ2n) is 6.92. The molecule has 2 N–H and O–H groups in total. The molecule has 28 heavy (non-hydrogen) atoms. The van der Waals surface area contributed by atoms with Crippen molar-refractivity contribution in [3.05, 3.63) is 48.1 Å². The number of hydrogen-bond donors (Lipinski definition) is 2. The Hall–Kier alpha value is -2.53. The fourth-order valence-corrected chi connectivity index (χ4v) is 2.70. The highest BCUT2D eigenvalue weighted by atomic mass is 19.3. The molecule has 0 aliphatic carbocycles. The zero-order chi connectivity index (χ0) is 21.2. The van der Waals surface area contributed by atoms with Crippen molar-refractivity contribution in [2.24, 2.45) is 0 Å². The van der Waals surface area contributed by atoms with Crippen LogP contribution in [0.4, 0.5) is 17.6 Å². The van der Waals surface area contributed by atoms with Crippen molar-refractivity contribution in [1.82, 2.24) is 20.1 Å². The summed E-state index contributed by atoms with van der Waals surface area (Å²) >= 11 is 0. The monoisotopic (exact) mass is 404 g/mol. The van der Waals surface area contributed by atoms with Gasteiger partial charge in [0.25, 0.3) is 5.91 Å². The lowest BCUT2D eigenvalue weighted by Gasteiger charge is -2.37. The molecule has 154 valence electrons. The van der Waals surface area contributed by atoms with Crippen LogP contribution in [-0.2, 0) is 21.7 Å². The van der Waals surface area contributed by atoms with Crippen molar-refractivity contribution in [3.8, 4) is 0 Å². The summed E-state index contributed by atoms with van der Waals surface area (Å²) in [5.74, 6) is -8.85. The smallest absolute Gasteiger partial charge is 0.358 e. The molecule has 0 fully saturated rings. The Kier molecular flexibility index (Phi) is 6.09. The highest BCUT2D eigenvalue weighted by Crippen LogP contribution is 2.41. The highest BCUT2D eigenvalue weighted by molar-refractivity contribution is 5.85. The first-order valence-corrected chi connectivity index (χ1v) is 8.12. The third-order valence-electron chi connectivity index (χ3n) is 4.00. The minimum atomic E-state index is -4.53. The normalized spacial score (nSPS) is 14.6. The van der Waals surface area contributed by atoms with Crippen LogP contribution in [0.25, 0.3) is 0 Å². The molecule has 1 unspecified atom stereocenters. The molecule has 2 rings (SSSR count). The van der Waals surface area contributed by atoms with Crippen LogP contribution in [0.3, 0.4) is 0 Å². The molecule has 7 nitrogen and oxygen atoms in total. The van der Waals surface area contributed by atoms with Crippen molar-refractivity contribution >= 4 is 5.91 Å². The summed E-state index contributed by atoms with van der Waals surface area (Å²) < 4.78 is 63.6. The lowest BCUT2D eigenvalue weighted by molar-refractivity contribution is -0.204. The molecule has 1 aromatic heterocycles. The molecule has 11 heteroatoms. The number of carbonyl (C=O) groups excluding carboxylic acids is 1. The van der Waals surface area contributed by atoms with Crippen LogP contribution >= 0.6 is 0 Å². The van der Waals surface area contributed by atoms with Crippen LogP contribution in [0.5, 0.6) is 0 Å². The van der Waals surface area contributed by atoms with Gasteiger partial charge in [-0.25, -0.2) is 18.4 Å². The lowest BCUT2D eigenvalue weighted by atomic mass is 9.85. The van der Waals surface area contributed by atoms with Crippen LogP contribution in [0.1, 0.15) is 19.4 Å². The number of amides is 1. The number of ether oxygens (including phenoxy) is 1. The molecule has 0 saturated heterocycles. The number of halogens is 4. The number of nitrogens with zero attached hydrogens (tertiary/aromatic N) is 3. The van der Waals surface area contributed by atoms with Gasteiger partial charge in [0.2, 0.25) is 0 Å². The van der Waals surface area contributed by atoms with E-state index in [0.717, 1.165) is 17.3 Å². The zero-order valence-electron chi connectivity index (χ0n) is 15.4. The van der Waals surface area contributed by atoms with Crippen molar-refractivity contribution < 1.29 is 32.2 Å². The van der Waals surface area contributed by atoms with Gasteiger partial charge in [0.05, 0.1) is 18.7 Å². The first kappa shape index (κ1) is 21.8. The van der Waals surface area contributed by atoms with Gasteiger partial charge in [0.1, 0.15) is 24.3 Å². The number of nitrogens with one attached hydrogen (secondary N) is 1. The van der Waals surface area contributed by atoms with Gasteiger partial charge in [-0.1, -0.05) is 0 Å². The molecule has 0 saturated carbocycles. The number of benzene rings is 1. The van der Waals surface area contributed by atoms with Gasteiger partial charge in [-0.15, -0.1) is 0 Å². The topological polar surface area (TPSA) is 89.3 Å². The van der Waals surface area contributed by atoms with E-state index in [1.807, 2.05) is 0 Å². The Morgan fingerprint density at radius 2 is 2.00 bits per heavy atom. The number of methoxy groups -OCH3 is 1. The number of aromatic nitrogens is 3. The fraction of sp³-hybridized carbons (Fsp3) is 0.471. The second-order valence-corrected chi connectivity index (χ2v) is 6.92. The van der Waals surface area contributed by atoms with Crippen molar-refractivity contribution in [1.29, 1.82) is 0 Å². The maximum absolute atomic E-state index is 15.2. The highest BCUT2D eigenvalue weighted by Gasteiger charge is 2.61. The second kappa shape index (κ2) is 7.84. The molecule has 0 radical (unpaired) electrons. The SMILES string of the molecule is COCC(C)(C)NC(=O)C(F)(F)C(O)(Cn1cncn1)c1ccc(F)cc1F. The Balaban J connectivity index is 2.52.